The van der Waals surface area contributed by atoms with Gasteiger partial charge in [0.05, 0.1) is 0 Å². The van der Waals surface area contributed by atoms with E-state index in [0.29, 0.717) is 0 Å². The lowest BCUT2D eigenvalue weighted by molar-refractivity contribution is -0.142. The molecule has 0 radical (unpaired) electrons. The molecular formula is C8H16N2O5. The van der Waals surface area contributed by atoms with Crippen LogP contribution in [0.4, 0.5) is 0 Å². The number of aliphatic hydroxyl groups excluding tert-OH is 3. The molecule has 5 atom stereocenters. The second kappa shape index (κ2) is 4.86. The predicted molar refractivity (Wildman–Crippen MR) is 49.8 cm³/mol. The van der Waals surface area contributed by atoms with Gasteiger partial charge in [0.1, 0.15) is 24.4 Å². The summed E-state index contributed by atoms with van der Waals surface area (Å²) in [6.45, 7) is 0. The first-order valence-electron chi connectivity index (χ1n) is 4.61. The Kier molecular flexibility index (Phi) is 4.00. The molecule has 1 aliphatic rings. The van der Waals surface area contributed by atoms with E-state index in [1.54, 1.807) is 0 Å². The van der Waals surface area contributed by atoms with Crippen molar-refractivity contribution in [2.24, 2.45) is 0 Å². The van der Waals surface area contributed by atoms with Crippen LogP contribution in [0.2, 0.25) is 0 Å². The van der Waals surface area contributed by atoms with Crippen LogP contribution < -0.4 is 10.6 Å². The van der Waals surface area contributed by atoms with E-state index < -0.39 is 30.6 Å². The van der Waals surface area contributed by atoms with Gasteiger partial charge >= 0.3 is 0 Å². The molecule has 5 unspecified atom stereocenters. The van der Waals surface area contributed by atoms with E-state index in [1.807, 2.05) is 0 Å². The molecule has 1 aliphatic heterocycles. The highest BCUT2D eigenvalue weighted by Crippen LogP contribution is 2.22. The molecule has 1 saturated heterocycles. The molecule has 1 heterocycles. The van der Waals surface area contributed by atoms with Gasteiger partial charge in [0.2, 0.25) is 5.91 Å². The highest BCUT2D eigenvalue weighted by atomic mass is 16.6. The molecule has 1 amide bonds. The normalized spacial score (nSPS) is 37.7. The van der Waals surface area contributed by atoms with Crippen molar-refractivity contribution in [1.29, 1.82) is 0 Å². The Morgan fingerprint density at radius 2 is 1.87 bits per heavy atom. The molecule has 0 aromatic rings. The zero-order valence-corrected chi connectivity index (χ0v) is 8.54. The summed E-state index contributed by atoms with van der Waals surface area (Å²) in [7, 11) is 2.97. The Labute approximate surface area is 87.0 Å². The van der Waals surface area contributed by atoms with Gasteiger partial charge in [0.25, 0.3) is 0 Å². The van der Waals surface area contributed by atoms with Crippen LogP contribution in [0.1, 0.15) is 0 Å². The topological polar surface area (TPSA) is 111 Å². The number of ether oxygens (including phenoxy) is 1. The predicted octanol–water partition coefficient (Wildman–Crippen LogP) is -3.24. The van der Waals surface area contributed by atoms with Gasteiger partial charge in [-0.1, -0.05) is 0 Å². The number of amides is 1. The quantitative estimate of drug-likeness (QED) is 0.342. The molecule has 88 valence electrons. The van der Waals surface area contributed by atoms with Gasteiger partial charge in [-0.15, -0.1) is 0 Å². The first-order valence-corrected chi connectivity index (χ1v) is 4.61. The lowest BCUT2D eigenvalue weighted by Gasteiger charge is -2.23. The standard InChI is InChI=1S/C8H16N2O5/c1-9-3(7(13)10-2)6-4(11)5(12)8(14)15-6/h3-6,8-9,11-12,14H,1-2H3,(H,10,13). The molecule has 7 heteroatoms. The van der Waals surface area contributed by atoms with E-state index in [4.69, 9.17) is 9.84 Å². The molecule has 1 rings (SSSR count). The number of hydrogen-bond acceptors (Lipinski definition) is 6. The smallest absolute Gasteiger partial charge is 0.239 e. The summed E-state index contributed by atoms with van der Waals surface area (Å²) in [6, 6.07) is -0.822. The van der Waals surface area contributed by atoms with Crippen LogP contribution in [0, 0.1) is 0 Å². The third-order valence-corrected chi connectivity index (χ3v) is 2.44. The zero-order valence-electron chi connectivity index (χ0n) is 8.54. The number of aliphatic hydroxyl groups is 3. The number of carbonyl (C=O) groups excluding carboxylic acids is 1. The minimum Gasteiger partial charge on any atom is -0.387 e. The fourth-order valence-electron chi connectivity index (χ4n) is 1.56. The lowest BCUT2D eigenvalue weighted by Crippen LogP contribution is -2.53. The fraction of sp³-hybridized carbons (Fsp3) is 0.875. The summed E-state index contributed by atoms with van der Waals surface area (Å²) in [4.78, 5) is 11.4. The second-order valence-corrected chi connectivity index (χ2v) is 3.35. The Balaban J connectivity index is 2.74. The van der Waals surface area contributed by atoms with Crippen molar-refractivity contribution in [3.8, 4) is 0 Å². The molecule has 0 aromatic heterocycles. The Bertz CT molecular complexity index is 237. The average Bonchev–Trinajstić information content (AvgIpc) is 2.47. The minimum absolute atomic E-state index is 0.386. The molecule has 7 nitrogen and oxygen atoms in total. The largest absolute Gasteiger partial charge is 0.387 e. The third-order valence-electron chi connectivity index (χ3n) is 2.44. The van der Waals surface area contributed by atoms with Gasteiger partial charge in [-0.3, -0.25) is 4.79 Å². The van der Waals surface area contributed by atoms with Crippen LogP contribution in [-0.4, -0.2) is 66.0 Å². The van der Waals surface area contributed by atoms with Crippen LogP contribution in [0.15, 0.2) is 0 Å². The second-order valence-electron chi connectivity index (χ2n) is 3.35. The maximum Gasteiger partial charge on any atom is 0.239 e. The molecule has 5 N–H and O–H groups in total. The molecule has 0 bridgehead atoms. The summed E-state index contributed by atoms with van der Waals surface area (Å²) in [6.07, 6.45) is -5.13. The third kappa shape index (κ3) is 2.27. The highest BCUT2D eigenvalue weighted by molar-refractivity contribution is 5.82. The van der Waals surface area contributed by atoms with Crippen molar-refractivity contribution in [2.45, 2.75) is 30.6 Å². The molecule has 0 aromatic carbocycles. The van der Waals surface area contributed by atoms with Crippen molar-refractivity contribution < 1.29 is 24.9 Å². The Hall–Kier alpha value is -0.730. The maximum absolute atomic E-state index is 11.4. The van der Waals surface area contributed by atoms with Crippen LogP contribution in [0.3, 0.4) is 0 Å². The molecule has 15 heavy (non-hydrogen) atoms. The van der Waals surface area contributed by atoms with Crippen molar-refractivity contribution >= 4 is 5.91 Å². The van der Waals surface area contributed by atoms with E-state index in [9.17, 15) is 15.0 Å². The Morgan fingerprint density at radius 3 is 2.20 bits per heavy atom. The van der Waals surface area contributed by atoms with Gasteiger partial charge in [0.15, 0.2) is 6.29 Å². The first-order chi connectivity index (χ1) is 7.02. The molecule has 0 aliphatic carbocycles. The van der Waals surface area contributed by atoms with E-state index >= 15 is 0 Å². The average molecular weight is 220 g/mol. The van der Waals surface area contributed by atoms with Crippen molar-refractivity contribution in [2.75, 3.05) is 14.1 Å². The zero-order chi connectivity index (χ0) is 11.6. The van der Waals surface area contributed by atoms with Crippen LogP contribution in [-0.2, 0) is 9.53 Å². The van der Waals surface area contributed by atoms with Crippen molar-refractivity contribution in [1.82, 2.24) is 10.6 Å². The van der Waals surface area contributed by atoms with E-state index in [2.05, 4.69) is 10.6 Å². The lowest BCUT2D eigenvalue weighted by atomic mass is 10.0. The summed E-state index contributed by atoms with van der Waals surface area (Å²) < 4.78 is 4.89. The molecule has 0 spiro atoms. The first kappa shape index (κ1) is 12.3. The van der Waals surface area contributed by atoms with E-state index in [0.717, 1.165) is 0 Å². The van der Waals surface area contributed by atoms with Crippen molar-refractivity contribution in [3.05, 3.63) is 0 Å². The number of likely N-dealkylation sites (N-methyl/N-ethyl adjacent to an activating group) is 2. The molecule has 1 fully saturated rings. The van der Waals surface area contributed by atoms with Crippen molar-refractivity contribution in [3.63, 3.8) is 0 Å². The van der Waals surface area contributed by atoms with Crippen LogP contribution in [0.5, 0.6) is 0 Å². The van der Waals surface area contributed by atoms with Gasteiger partial charge in [-0.2, -0.15) is 0 Å². The van der Waals surface area contributed by atoms with Gasteiger partial charge in [-0.05, 0) is 7.05 Å². The summed E-state index contributed by atoms with van der Waals surface area (Å²) in [5.74, 6) is -0.386. The van der Waals surface area contributed by atoms with E-state index in [1.165, 1.54) is 14.1 Å². The SMILES string of the molecule is CNC(=O)C(NC)C1OC(O)C(O)C1O. The highest BCUT2D eigenvalue weighted by Gasteiger charge is 2.47. The van der Waals surface area contributed by atoms with Crippen LogP contribution in [0.25, 0.3) is 0 Å². The summed E-state index contributed by atoms with van der Waals surface area (Å²) in [5.41, 5.74) is 0. The molecular weight excluding hydrogens is 204 g/mol. The maximum atomic E-state index is 11.4. The molecule has 0 saturated carbocycles. The summed E-state index contributed by atoms with van der Waals surface area (Å²) in [5, 5.41) is 32.9. The van der Waals surface area contributed by atoms with Crippen LogP contribution >= 0.6 is 0 Å². The number of rotatable bonds is 3. The van der Waals surface area contributed by atoms with E-state index in [-0.39, 0.29) is 5.91 Å². The summed E-state index contributed by atoms with van der Waals surface area (Å²) >= 11 is 0. The number of carbonyl (C=O) groups is 1. The Morgan fingerprint density at radius 1 is 1.27 bits per heavy atom. The monoisotopic (exact) mass is 220 g/mol. The van der Waals surface area contributed by atoms with Gasteiger partial charge < -0.3 is 30.7 Å². The fourth-order valence-corrected chi connectivity index (χ4v) is 1.56. The van der Waals surface area contributed by atoms with Gasteiger partial charge in [-0.25, -0.2) is 0 Å². The number of hydrogen-bond donors (Lipinski definition) is 5. The minimum atomic E-state index is -1.47. The number of nitrogens with one attached hydrogen (secondary N) is 2. The van der Waals surface area contributed by atoms with Gasteiger partial charge in [0, 0.05) is 7.05 Å².